The molecule has 1 heteroatoms. The molecule has 0 amide bonds. The zero-order chi connectivity index (χ0) is 47.1. The highest BCUT2D eigenvalue weighted by Gasteiger charge is 2.51. The maximum absolute atomic E-state index is 2.52. The first-order valence-corrected chi connectivity index (χ1v) is 25.2. The molecule has 14 aromatic rings. The molecule has 2 aliphatic rings. The van der Waals surface area contributed by atoms with E-state index in [0.29, 0.717) is 0 Å². The predicted octanol–water partition coefficient (Wildman–Crippen LogP) is 18.7. The van der Waals surface area contributed by atoms with Crippen LogP contribution in [0, 0.1) is 0 Å². The molecule has 1 spiro atoms. The molecule has 0 atom stereocenters. The van der Waals surface area contributed by atoms with Crippen molar-refractivity contribution in [2.45, 2.75) is 5.41 Å². The third-order valence-electron chi connectivity index (χ3n) is 16.3. The highest BCUT2D eigenvalue weighted by atomic mass is 15.0. The molecule has 16 rings (SSSR count). The monoisotopic (exact) mass is 909 g/mol. The molecule has 1 heterocycles. The molecule has 0 unspecified atom stereocenters. The molecular weight excluding hydrogens is 867 g/mol. The lowest BCUT2D eigenvalue weighted by Gasteiger charge is -2.30. The van der Waals surface area contributed by atoms with Gasteiger partial charge in [-0.1, -0.05) is 200 Å². The number of benzene rings is 13. The summed E-state index contributed by atoms with van der Waals surface area (Å²) in [6.07, 6.45) is 0. The molecule has 2 aliphatic carbocycles. The van der Waals surface area contributed by atoms with Crippen LogP contribution in [0.4, 0.5) is 0 Å². The third kappa shape index (κ3) is 5.37. The van der Waals surface area contributed by atoms with Gasteiger partial charge in [0.15, 0.2) is 0 Å². The summed E-state index contributed by atoms with van der Waals surface area (Å²) in [4.78, 5) is 0. The van der Waals surface area contributed by atoms with E-state index in [4.69, 9.17) is 0 Å². The SMILES string of the molecule is c1ccc(-n2c3ccccc3c3cc(-c4c5ccccc5c(-c5ccc(-c6ccc7cc8c(cc7c6)C6(c7ccccc7-c7ccccc76)c6cc7ccccc7cc6-8)cc5)c5ccccc45)ccc32)cc1. The van der Waals surface area contributed by atoms with Crippen molar-refractivity contribution < 1.29 is 0 Å². The summed E-state index contributed by atoms with van der Waals surface area (Å²) in [5.74, 6) is 0. The van der Waals surface area contributed by atoms with Gasteiger partial charge < -0.3 is 4.57 Å². The van der Waals surface area contributed by atoms with E-state index < -0.39 is 5.41 Å². The average molecular weight is 910 g/mol. The van der Waals surface area contributed by atoms with Crippen molar-refractivity contribution in [3.05, 3.63) is 283 Å². The lowest BCUT2D eigenvalue weighted by atomic mass is 9.70. The van der Waals surface area contributed by atoms with Crippen molar-refractivity contribution in [2.75, 3.05) is 0 Å². The topological polar surface area (TPSA) is 4.93 Å². The van der Waals surface area contributed by atoms with Crippen molar-refractivity contribution in [1.29, 1.82) is 0 Å². The van der Waals surface area contributed by atoms with Crippen molar-refractivity contribution in [2.24, 2.45) is 0 Å². The Balaban J connectivity index is 0.833. The van der Waals surface area contributed by atoms with Crippen LogP contribution in [-0.4, -0.2) is 4.57 Å². The first-order chi connectivity index (χ1) is 35.7. The largest absolute Gasteiger partial charge is 0.309 e. The number of aromatic nitrogens is 1. The number of nitrogens with zero attached hydrogens (tertiary/aromatic N) is 1. The molecule has 1 aromatic heterocycles. The second-order valence-electron chi connectivity index (χ2n) is 19.9. The van der Waals surface area contributed by atoms with Crippen LogP contribution in [0.2, 0.25) is 0 Å². The summed E-state index contributed by atoms with van der Waals surface area (Å²) in [7, 11) is 0. The van der Waals surface area contributed by atoms with Gasteiger partial charge in [-0.2, -0.15) is 0 Å². The molecule has 0 N–H and O–H groups in total. The number of fused-ring (bicyclic) bond motifs is 17. The van der Waals surface area contributed by atoms with Crippen molar-refractivity contribution in [1.82, 2.24) is 4.57 Å². The molecule has 0 aliphatic heterocycles. The van der Waals surface area contributed by atoms with Crippen molar-refractivity contribution in [3.63, 3.8) is 0 Å². The summed E-state index contributed by atoms with van der Waals surface area (Å²) in [6, 6.07) is 97.9. The first kappa shape index (κ1) is 39.5. The molecule has 0 saturated heterocycles. The maximum atomic E-state index is 2.52. The normalized spacial score (nSPS) is 13.1. The molecule has 0 radical (unpaired) electrons. The van der Waals surface area contributed by atoms with Crippen LogP contribution in [0.3, 0.4) is 0 Å². The molecular formula is C71H43N. The predicted molar refractivity (Wildman–Crippen MR) is 303 cm³/mol. The van der Waals surface area contributed by atoms with Crippen LogP contribution in [0.25, 0.3) is 126 Å². The molecule has 332 valence electrons. The summed E-state index contributed by atoms with van der Waals surface area (Å²) in [5.41, 5.74) is 21.4. The van der Waals surface area contributed by atoms with Crippen LogP contribution >= 0.6 is 0 Å². The lowest BCUT2D eigenvalue weighted by Crippen LogP contribution is -2.25. The van der Waals surface area contributed by atoms with Gasteiger partial charge in [-0.05, 0) is 182 Å². The van der Waals surface area contributed by atoms with Gasteiger partial charge in [0, 0.05) is 16.5 Å². The van der Waals surface area contributed by atoms with Crippen LogP contribution in [0.1, 0.15) is 22.3 Å². The third-order valence-corrected chi connectivity index (χ3v) is 16.3. The minimum atomic E-state index is -0.412. The molecule has 72 heavy (non-hydrogen) atoms. The maximum Gasteiger partial charge on any atom is 0.0725 e. The number of para-hydroxylation sites is 2. The standard InChI is InChI=1S/C71H43N/c1-2-18-52(19-3-1)72-67-29-15-12-22-55(67)62-41-50(36-37-68(62)72)70-58-25-8-6-23-56(58)69(57-24-7-9-26-59(57)70)45-32-30-44(31-33-45)48-34-35-49-40-61-60-39-46-16-4-5-17-47(46)42-65(60)71(66(61)43-51(49)38-48)63-27-13-10-20-53(63)54-21-11-14-28-64(54)71/h1-43H. The van der Waals surface area contributed by atoms with Gasteiger partial charge in [0.1, 0.15) is 0 Å². The smallest absolute Gasteiger partial charge is 0.0725 e. The quantitative estimate of drug-likeness (QED) is 0.155. The Kier molecular flexibility index (Phi) is 8.16. The minimum Gasteiger partial charge on any atom is -0.309 e. The van der Waals surface area contributed by atoms with Crippen molar-refractivity contribution in [3.8, 4) is 61.3 Å². The molecule has 0 bridgehead atoms. The molecule has 0 saturated carbocycles. The van der Waals surface area contributed by atoms with E-state index in [1.54, 1.807) is 0 Å². The summed E-state index contributed by atoms with van der Waals surface area (Å²) >= 11 is 0. The first-order valence-electron chi connectivity index (χ1n) is 25.2. The van der Waals surface area contributed by atoms with Gasteiger partial charge in [0.25, 0.3) is 0 Å². The summed E-state index contributed by atoms with van der Waals surface area (Å²) in [6.45, 7) is 0. The number of hydrogen-bond acceptors (Lipinski definition) is 0. The molecule has 1 nitrogen and oxygen atoms in total. The minimum absolute atomic E-state index is 0.412. The van der Waals surface area contributed by atoms with E-state index >= 15 is 0 Å². The lowest BCUT2D eigenvalue weighted by molar-refractivity contribution is 0.796. The highest BCUT2D eigenvalue weighted by Crippen LogP contribution is 2.63. The van der Waals surface area contributed by atoms with Gasteiger partial charge in [-0.15, -0.1) is 0 Å². The van der Waals surface area contributed by atoms with Crippen LogP contribution < -0.4 is 0 Å². The van der Waals surface area contributed by atoms with E-state index in [9.17, 15) is 0 Å². The van der Waals surface area contributed by atoms with Gasteiger partial charge in [-0.25, -0.2) is 0 Å². The van der Waals surface area contributed by atoms with E-state index in [1.165, 1.54) is 148 Å². The number of rotatable bonds is 4. The van der Waals surface area contributed by atoms with Crippen LogP contribution in [-0.2, 0) is 5.41 Å². The van der Waals surface area contributed by atoms with E-state index in [2.05, 4.69) is 265 Å². The zero-order valence-electron chi connectivity index (χ0n) is 39.3. The number of hydrogen-bond donors (Lipinski definition) is 0. The second kappa shape index (κ2) is 14.9. The van der Waals surface area contributed by atoms with E-state index in [-0.39, 0.29) is 0 Å². The van der Waals surface area contributed by atoms with Gasteiger partial charge in [-0.3, -0.25) is 0 Å². The summed E-state index contributed by atoms with van der Waals surface area (Å²) < 4.78 is 2.39. The van der Waals surface area contributed by atoms with Crippen LogP contribution in [0.15, 0.2) is 261 Å². The van der Waals surface area contributed by atoms with Crippen molar-refractivity contribution >= 4 is 64.9 Å². The van der Waals surface area contributed by atoms with E-state index in [1.807, 2.05) is 0 Å². The Labute approximate surface area is 417 Å². The second-order valence-corrected chi connectivity index (χ2v) is 19.9. The molecule has 13 aromatic carbocycles. The Bertz CT molecular complexity index is 4510. The van der Waals surface area contributed by atoms with E-state index in [0.717, 1.165) is 0 Å². The average Bonchev–Trinajstić information content (AvgIpc) is 4.04. The van der Waals surface area contributed by atoms with Gasteiger partial charge >= 0.3 is 0 Å². The Hall–Kier alpha value is -9.30. The van der Waals surface area contributed by atoms with Gasteiger partial charge in [0.05, 0.1) is 16.4 Å². The van der Waals surface area contributed by atoms with Crippen LogP contribution in [0.5, 0.6) is 0 Å². The Morgan fingerprint density at radius 1 is 0.236 bits per heavy atom. The Morgan fingerprint density at radius 3 is 1.35 bits per heavy atom. The Morgan fingerprint density at radius 2 is 0.694 bits per heavy atom. The highest BCUT2D eigenvalue weighted by molar-refractivity contribution is 6.22. The fourth-order valence-electron chi connectivity index (χ4n) is 13.3. The zero-order valence-corrected chi connectivity index (χ0v) is 39.3. The van der Waals surface area contributed by atoms with Gasteiger partial charge in [0.2, 0.25) is 0 Å². The fraction of sp³-hybridized carbons (Fsp3) is 0.0141. The fourth-order valence-corrected chi connectivity index (χ4v) is 13.3. The summed E-state index contributed by atoms with van der Waals surface area (Å²) in [5, 5.41) is 12.6. The molecule has 0 fully saturated rings.